The average Bonchev–Trinajstić information content (AvgIpc) is 2.14. The van der Waals surface area contributed by atoms with Crippen molar-refractivity contribution in [1.82, 2.24) is 0 Å². The Balaban J connectivity index is 2.95. The fraction of sp³-hybridized carbons (Fsp3) is 0.300. The van der Waals surface area contributed by atoms with E-state index in [0.29, 0.717) is 15.6 Å². The molecule has 16 heavy (non-hydrogen) atoms. The third kappa shape index (κ3) is 4.03. The number of halogens is 1. The summed E-state index contributed by atoms with van der Waals surface area (Å²) >= 11 is 3.26. The number of hydrogen-bond acceptors (Lipinski definition) is 4. The van der Waals surface area contributed by atoms with Gasteiger partial charge in [-0.25, -0.2) is 0 Å². The van der Waals surface area contributed by atoms with Crippen LogP contribution in [0.4, 0.5) is 0 Å². The van der Waals surface area contributed by atoms with E-state index in [9.17, 15) is 13.2 Å². The van der Waals surface area contributed by atoms with Gasteiger partial charge >= 0.3 is 0 Å². The summed E-state index contributed by atoms with van der Waals surface area (Å²) < 4.78 is 27.0. The van der Waals surface area contributed by atoms with Crippen molar-refractivity contribution < 1.29 is 17.4 Å². The molecule has 0 heterocycles. The quantitative estimate of drug-likeness (QED) is 0.631. The lowest BCUT2D eigenvalue weighted by atomic mass is 10.1. The van der Waals surface area contributed by atoms with Crippen LogP contribution in [0.15, 0.2) is 22.7 Å². The zero-order valence-corrected chi connectivity index (χ0v) is 11.3. The summed E-state index contributed by atoms with van der Waals surface area (Å²) in [5, 5.41) is 0. The molecule has 0 bridgehead atoms. The molecule has 0 fully saturated rings. The molecular formula is C10H11BrO4S. The van der Waals surface area contributed by atoms with Gasteiger partial charge in [0.15, 0.2) is 5.78 Å². The number of benzene rings is 1. The van der Waals surface area contributed by atoms with E-state index >= 15 is 0 Å². The molecule has 4 nitrogen and oxygen atoms in total. The summed E-state index contributed by atoms with van der Waals surface area (Å²) in [6.45, 7) is 1.37. The molecule has 0 aliphatic carbocycles. The summed E-state index contributed by atoms with van der Waals surface area (Å²) in [4.78, 5) is 11.1. The summed E-state index contributed by atoms with van der Waals surface area (Å²) in [5.41, 5.74) is 1.15. The molecule has 0 radical (unpaired) electrons. The second-order valence-electron chi connectivity index (χ2n) is 3.33. The van der Waals surface area contributed by atoms with E-state index in [1.165, 1.54) is 6.92 Å². The lowest BCUT2D eigenvalue weighted by Gasteiger charge is -2.06. The van der Waals surface area contributed by atoms with Crippen LogP contribution in [0.1, 0.15) is 22.8 Å². The van der Waals surface area contributed by atoms with Crippen molar-refractivity contribution in [2.75, 3.05) is 6.26 Å². The Hall–Kier alpha value is -0.720. The van der Waals surface area contributed by atoms with Crippen molar-refractivity contribution in [1.29, 1.82) is 0 Å². The molecule has 0 spiro atoms. The smallest absolute Gasteiger partial charge is 0.264 e. The molecule has 0 amide bonds. The molecular weight excluding hydrogens is 296 g/mol. The van der Waals surface area contributed by atoms with Crippen molar-refractivity contribution in [2.24, 2.45) is 0 Å². The van der Waals surface area contributed by atoms with Crippen LogP contribution in [0.2, 0.25) is 0 Å². The van der Waals surface area contributed by atoms with Crippen LogP contribution in [0.3, 0.4) is 0 Å². The van der Waals surface area contributed by atoms with Crippen molar-refractivity contribution in [3.05, 3.63) is 33.8 Å². The molecule has 1 aromatic carbocycles. The monoisotopic (exact) mass is 306 g/mol. The van der Waals surface area contributed by atoms with E-state index in [2.05, 4.69) is 20.1 Å². The highest BCUT2D eigenvalue weighted by Gasteiger charge is 2.08. The topological polar surface area (TPSA) is 60.4 Å². The summed E-state index contributed by atoms with van der Waals surface area (Å²) in [6.07, 6.45) is 0.982. The fourth-order valence-corrected chi connectivity index (χ4v) is 1.78. The van der Waals surface area contributed by atoms with Crippen molar-refractivity contribution in [3.63, 3.8) is 0 Å². The number of ketones is 1. The molecule has 0 saturated carbocycles. The van der Waals surface area contributed by atoms with Crippen LogP contribution in [0, 0.1) is 0 Å². The van der Waals surface area contributed by atoms with Crippen LogP contribution in [0.25, 0.3) is 0 Å². The van der Waals surface area contributed by atoms with Gasteiger partial charge in [-0.05, 0) is 24.6 Å². The molecule has 0 atom stereocenters. The molecule has 0 N–H and O–H groups in total. The molecule has 6 heteroatoms. The van der Waals surface area contributed by atoms with Gasteiger partial charge in [-0.2, -0.15) is 8.42 Å². The predicted octanol–water partition coefficient (Wildman–Crippen LogP) is 2.13. The van der Waals surface area contributed by atoms with Gasteiger partial charge in [0.25, 0.3) is 10.1 Å². The number of carbonyl (C=O) groups excluding carboxylic acids is 1. The van der Waals surface area contributed by atoms with Crippen LogP contribution in [-0.2, 0) is 20.9 Å². The normalized spacial score (nSPS) is 11.4. The maximum atomic E-state index is 11.1. The Bertz CT molecular complexity index is 508. The third-order valence-corrected chi connectivity index (χ3v) is 3.20. The average molecular weight is 307 g/mol. The Morgan fingerprint density at radius 2 is 2.06 bits per heavy atom. The molecule has 0 aromatic heterocycles. The molecule has 0 unspecified atom stereocenters. The number of hydrogen-bond donors (Lipinski definition) is 0. The fourth-order valence-electron chi connectivity index (χ4n) is 1.07. The second-order valence-corrected chi connectivity index (χ2v) is 5.83. The Kier molecular flexibility index (Phi) is 4.23. The van der Waals surface area contributed by atoms with E-state index < -0.39 is 10.1 Å². The van der Waals surface area contributed by atoms with Crippen LogP contribution in [-0.4, -0.2) is 20.5 Å². The van der Waals surface area contributed by atoms with Gasteiger partial charge in [-0.1, -0.05) is 22.0 Å². The highest BCUT2D eigenvalue weighted by Crippen LogP contribution is 2.20. The van der Waals surface area contributed by atoms with Crippen molar-refractivity contribution >= 4 is 31.8 Å². The van der Waals surface area contributed by atoms with Crippen molar-refractivity contribution in [3.8, 4) is 0 Å². The zero-order valence-electron chi connectivity index (χ0n) is 8.86. The van der Waals surface area contributed by atoms with Gasteiger partial charge in [-0.15, -0.1) is 0 Å². The SMILES string of the molecule is CC(=O)c1ccc(Br)c(COS(C)(=O)=O)c1. The Morgan fingerprint density at radius 1 is 1.44 bits per heavy atom. The highest BCUT2D eigenvalue weighted by atomic mass is 79.9. The Labute approximate surface area is 103 Å². The molecule has 1 rings (SSSR count). The van der Waals surface area contributed by atoms with Gasteiger partial charge in [0, 0.05) is 10.0 Å². The minimum Gasteiger partial charge on any atom is -0.295 e. The standard InChI is InChI=1S/C10H11BrO4S/c1-7(12)8-3-4-10(11)9(5-8)6-15-16(2,13)14/h3-5H,6H2,1-2H3. The lowest BCUT2D eigenvalue weighted by molar-refractivity contribution is 0.101. The minimum atomic E-state index is -3.48. The molecule has 1 aromatic rings. The molecule has 88 valence electrons. The largest absolute Gasteiger partial charge is 0.295 e. The van der Waals surface area contributed by atoms with Crippen LogP contribution in [0.5, 0.6) is 0 Å². The molecule has 0 aliphatic heterocycles. The number of carbonyl (C=O) groups is 1. The first kappa shape index (κ1) is 13.3. The van der Waals surface area contributed by atoms with Crippen molar-refractivity contribution in [2.45, 2.75) is 13.5 Å². The van der Waals surface area contributed by atoms with Gasteiger partial charge in [-0.3, -0.25) is 8.98 Å². The highest BCUT2D eigenvalue weighted by molar-refractivity contribution is 9.10. The Morgan fingerprint density at radius 3 is 2.56 bits per heavy atom. The van der Waals surface area contributed by atoms with E-state index in [1.807, 2.05) is 0 Å². The molecule has 0 aliphatic rings. The zero-order chi connectivity index (χ0) is 12.3. The van der Waals surface area contributed by atoms with E-state index in [-0.39, 0.29) is 12.4 Å². The van der Waals surface area contributed by atoms with Gasteiger partial charge in [0.05, 0.1) is 12.9 Å². The summed E-state index contributed by atoms with van der Waals surface area (Å²) in [7, 11) is -3.48. The van der Waals surface area contributed by atoms with Gasteiger partial charge in [0.2, 0.25) is 0 Å². The predicted molar refractivity (Wildman–Crippen MR) is 63.8 cm³/mol. The summed E-state index contributed by atoms with van der Waals surface area (Å²) in [6, 6.07) is 4.96. The number of Topliss-reactive ketones (excluding diaryl/α,β-unsaturated/α-hetero) is 1. The minimum absolute atomic E-state index is 0.0758. The van der Waals surface area contributed by atoms with Crippen LogP contribution < -0.4 is 0 Å². The first-order valence-electron chi connectivity index (χ1n) is 4.43. The maximum Gasteiger partial charge on any atom is 0.264 e. The third-order valence-electron chi connectivity index (χ3n) is 1.88. The first-order valence-corrected chi connectivity index (χ1v) is 7.04. The summed E-state index contributed by atoms with van der Waals surface area (Å²) in [5.74, 6) is -0.0758. The maximum absolute atomic E-state index is 11.1. The van der Waals surface area contributed by atoms with E-state index in [4.69, 9.17) is 0 Å². The lowest BCUT2D eigenvalue weighted by Crippen LogP contribution is -2.04. The van der Waals surface area contributed by atoms with E-state index in [1.54, 1.807) is 18.2 Å². The molecule has 0 saturated heterocycles. The van der Waals surface area contributed by atoms with Gasteiger partial charge in [0.1, 0.15) is 0 Å². The number of rotatable bonds is 4. The van der Waals surface area contributed by atoms with Crippen LogP contribution >= 0.6 is 15.9 Å². The second kappa shape index (κ2) is 5.07. The van der Waals surface area contributed by atoms with Gasteiger partial charge < -0.3 is 0 Å². The van der Waals surface area contributed by atoms with E-state index in [0.717, 1.165) is 6.26 Å². The first-order chi connectivity index (χ1) is 7.29.